The summed E-state index contributed by atoms with van der Waals surface area (Å²) in [6, 6.07) is 15.7. The van der Waals surface area contributed by atoms with Gasteiger partial charge in [-0.3, -0.25) is 0 Å². The van der Waals surface area contributed by atoms with Gasteiger partial charge in [-0.15, -0.1) is 11.3 Å². The van der Waals surface area contributed by atoms with Crippen LogP contribution in [0.25, 0.3) is 56.2 Å². The first-order valence-corrected chi connectivity index (χ1v) is 16.9. The standard InChI is InChI=1S/C19H17N7S.C16H16N6.CH4/c20-17-16(18-24-13-3-1-2-4-14(13)25-18)23-15(11-22-17)12-5-8-26(9-6-12)19-21-7-10-27-19;17-15-14(16-21-11-3-1-2-4-12(11)22-16)20-13(9-19-15)10-5-7-18-8-6-10;/h1-5,7,10-11H,6,8-9H2,(H2,20,22)(H,24,25);1-5,9,18H,6-8H2,(H2,17,19)(H,21,22);1H4. The zero-order valence-electron chi connectivity index (χ0n) is 26.5. The number of fused-ring (bicyclic) bond motifs is 2. The number of para-hydroxylation sites is 4. The fourth-order valence-corrected chi connectivity index (χ4v) is 6.57. The predicted molar refractivity (Wildman–Crippen MR) is 202 cm³/mol. The number of aromatic nitrogens is 9. The van der Waals surface area contributed by atoms with E-state index in [1.54, 1.807) is 23.7 Å². The van der Waals surface area contributed by atoms with Crippen LogP contribution in [0.15, 0.2) is 84.7 Å². The molecule has 0 fully saturated rings. The molecular formula is C36H37N13S. The first kappa shape index (κ1) is 32.6. The Kier molecular flexibility index (Phi) is 9.27. The van der Waals surface area contributed by atoms with Crippen molar-refractivity contribution in [3.05, 3.63) is 96.0 Å². The molecule has 0 aliphatic carbocycles. The Balaban J connectivity index is 0.000000157. The molecule has 50 heavy (non-hydrogen) atoms. The molecule has 0 saturated carbocycles. The first-order valence-electron chi connectivity index (χ1n) is 16.0. The zero-order valence-corrected chi connectivity index (χ0v) is 27.3. The number of nitrogens with one attached hydrogen (secondary N) is 3. The lowest BCUT2D eigenvalue weighted by atomic mass is 10.1. The van der Waals surface area contributed by atoms with Crippen LogP contribution in [0, 0.1) is 0 Å². The number of rotatable bonds is 5. The number of nitrogens with two attached hydrogens (primary N) is 2. The van der Waals surface area contributed by atoms with E-state index in [1.807, 2.05) is 60.1 Å². The predicted octanol–water partition coefficient (Wildman–Crippen LogP) is 5.97. The molecule has 0 radical (unpaired) electrons. The molecule has 0 unspecified atom stereocenters. The maximum atomic E-state index is 6.09. The zero-order chi connectivity index (χ0) is 33.2. The summed E-state index contributed by atoms with van der Waals surface area (Å²) in [5.41, 5.74) is 21.1. The van der Waals surface area contributed by atoms with E-state index in [0.29, 0.717) is 34.7 Å². The molecule has 2 aromatic carbocycles. The van der Waals surface area contributed by atoms with Gasteiger partial charge in [0.25, 0.3) is 0 Å². The molecule has 14 heteroatoms. The summed E-state index contributed by atoms with van der Waals surface area (Å²) in [4.78, 5) is 40.5. The molecule has 7 heterocycles. The topological polar surface area (TPSA) is 189 Å². The van der Waals surface area contributed by atoms with Crippen LogP contribution in [-0.2, 0) is 0 Å². The summed E-state index contributed by atoms with van der Waals surface area (Å²) in [6.45, 7) is 3.54. The molecule has 13 nitrogen and oxygen atoms in total. The minimum absolute atomic E-state index is 0. The van der Waals surface area contributed by atoms with Crippen LogP contribution in [0.4, 0.5) is 16.8 Å². The van der Waals surface area contributed by atoms with Gasteiger partial charge in [0.05, 0.1) is 45.8 Å². The van der Waals surface area contributed by atoms with E-state index in [-0.39, 0.29) is 7.43 Å². The van der Waals surface area contributed by atoms with Crippen molar-refractivity contribution in [2.24, 2.45) is 0 Å². The number of imidazole rings is 2. The van der Waals surface area contributed by atoms with Gasteiger partial charge in [0.1, 0.15) is 11.4 Å². The van der Waals surface area contributed by atoms with Gasteiger partial charge < -0.3 is 31.7 Å². The molecule has 2 aliphatic rings. The lowest BCUT2D eigenvalue weighted by molar-refractivity contribution is 0.736. The number of aromatic amines is 2. The van der Waals surface area contributed by atoms with Crippen molar-refractivity contribution in [1.82, 2.24) is 50.2 Å². The molecule has 2 aliphatic heterocycles. The number of anilines is 3. The van der Waals surface area contributed by atoms with Crippen molar-refractivity contribution in [3.63, 3.8) is 0 Å². The molecule has 0 atom stereocenters. The molecule has 5 aromatic heterocycles. The highest BCUT2D eigenvalue weighted by molar-refractivity contribution is 7.13. The van der Waals surface area contributed by atoms with Gasteiger partial charge in [-0.25, -0.2) is 34.9 Å². The molecule has 7 aromatic rings. The summed E-state index contributed by atoms with van der Waals surface area (Å²) >= 11 is 1.66. The average Bonchev–Trinajstić information content (AvgIpc) is 3.93. The Morgan fingerprint density at radius 2 is 1.30 bits per heavy atom. The fourth-order valence-electron chi connectivity index (χ4n) is 5.89. The van der Waals surface area contributed by atoms with Crippen molar-refractivity contribution in [2.45, 2.75) is 20.3 Å². The third-order valence-corrected chi connectivity index (χ3v) is 9.28. The average molecular weight is 684 g/mol. The van der Waals surface area contributed by atoms with Crippen LogP contribution in [0.3, 0.4) is 0 Å². The van der Waals surface area contributed by atoms with Crippen LogP contribution in [0.5, 0.6) is 0 Å². The number of hydrogen-bond donors (Lipinski definition) is 5. The maximum Gasteiger partial charge on any atom is 0.185 e. The van der Waals surface area contributed by atoms with Crippen LogP contribution < -0.4 is 21.7 Å². The Hall–Kier alpha value is -5.99. The summed E-state index contributed by atoms with van der Waals surface area (Å²) in [6.07, 6.45) is 11.5. The molecule has 9 rings (SSSR count). The van der Waals surface area contributed by atoms with Crippen LogP contribution >= 0.6 is 11.3 Å². The Morgan fingerprint density at radius 3 is 1.80 bits per heavy atom. The molecule has 0 spiro atoms. The smallest absolute Gasteiger partial charge is 0.185 e. The molecule has 0 amide bonds. The van der Waals surface area contributed by atoms with Gasteiger partial charge in [-0.1, -0.05) is 43.8 Å². The van der Waals surface area contributed by atoms with Gasteiger partial charge >= 0.3 is 0 Å². The third-order valence-electron chi connectivity index (χ3n) is 8.45. The molecule has 0 bridgehead atoms. The summed E-state index contributed by atoms with van der Waals surface area (Å²) in [5.74, 6) is 2.06. The molecule has 0 saturated heterocycles. The van der Waals surface area contributed by atoms with E-state index in [1.165, 1.54) is 11.1 Å². The van der Waals surface area contributed by atoms with Gasteiger partial charge in [0.15, 0.2) is 28.4 Å². The van der Waals surface area contributed by atoms with E-state index in [4.69, 9.17) is 16.5 Å². The Bertz CT molecular complexity index is 2250. The highest BCUT2D eigenvalue weighted by atomic mass is 32.1. The van der Waals surface area contributed by atoms with Crippen LogP contribution in [-0.4, -0.2) is 71.0 Å². The van der Waals surface area contributed by atoms with Gasteiger partial charge in [-0.05, 0) is 54.8 Å². The molecule has 7 N–H and O–H groups in total. The maximum absolute atomic E-state index is 6.09. The van der Waals surface area contributed by atoms with E-state index >= 15 is 0 Å². The van der Waals surface area contributed by atoms with Crippen LogP contribution in [0.1, 0.15) is 31.7 Å². The van der Waals surface area contributed by atoms with E-state index in [9.17, 15) is 0 Å². The second kappa shape index (κ2) is 14.2. The van der Waals surface area contributed by atoms with Gasteiger partial charge in [0.2, 0.25) is 0 Å². The Labute approximate surface area is 292 Å². The summed E-state index contributed by atoms with van der Waals surface area (Å²) in [7, 11) is 0. The first-order chi connectivity index (χ1) is 24.1. The minimum atomic E-state index is 0. The highest BCUT2D eigenvalue weighted by Crippen LogP contribution is 2.29. The minimum Gasteiger partial charge on any atom is -0.382 e. The van der Waals surface area contributed by atoms with Gasteiger partial charge in [0, 0.05) is 31.2 Å². The second-order valence-corrected chi connectivity index (χ2v) is 12.5. The van der Waals surface area contributed by atoms with Crippen molar-refractivity contribution in [2.75, 3.05) is 42.5 Å². The van der Waals surface area contributed by atoms with Crippen molar-refractivity contribution in [3.8, 4) is 23.0 Å². The molecular weight excluding hydrogens is 647 g/mol. The number of nitrogen functional groups attached to an aromatic ring is 2. The third kappa shape index (κ3) is 6.66. The fraction of sp³-hybridized carbons (Fsp3) is 0.194. The van der Waals surface area contributed by atoms with Crippen molar-refractivity contribution >= 4 is 61.3 Å². The SMILES string of the molecule is C.Nc1ncc(C2=CCN(c3nccs3)CC2)nc1-c1nc2ccccc2[nH]1.Nc1ncc(C2=CCNCC2)nc1-c1nc2ccccc2[nH]1. The number of H-pyrrole nitrogens is 2. The van der Waals surface area contributed by atoms with Crippen LogP contribution in [0.2, 0.25) is 0 Å². The summed E-state index contributed by atoms with van der Waals surface area (Å²) in [5, 5.41) is 6.34. The number of hydrogen-bond acceptors (Lipinski definition) is 12. The number of benzene rings is 2. The second-order valence-electron chi connectivity index (χ2n) is 11.6. The Morgan fingerprint density at radius 1 is 0.700 bits per heavy atom. The lowest BCUT2D eigenvalue weighted by Crippen LogP contribution is -2.28. The highest BCUT2D eigenvalue weighted by Gasteiger charge is 2.19. The number of nitrogens with zero attached hydrogens (tertiary/aromatic N) is 8. The van der Waals surface area contributed by atoms with E-state index < -0.39 is 0 Å². The summed E-state index contributed by atoms with van der Waals surface area (Å²) < 4.78 is 0. The largest absolute Gasteiger partial charge is 0.382 e. The number of thiazole rings is 1. The lowest BCUT2D eigenvalue weighted by Gasteiger charge is -2.25. The van der Waals surface area contributed by atoms with E-state index in [0.717, 1.165) is 77.6 Å². The normalized spacial score (nSPS) is 14.4. The quantitative estimate of drug-likeness (QED) is 0.144. The monoisotopic (exact) mass is 683 g/mol. The van der Waals surface area contributed by atoms with Crippen molar-refractivity contribution < 1.29 is 0 Å². The van der Waals surface area contributed by atoms with E-state index in [2.05, 4.69) is 62.2 Å². The van der Waals surface area contributed by atoms with Crippen molar-refractivity contribution in [1.29, 1.82) is 0 Å². The van der Waals surface area contributed by atoms with Gasteiger partial charge in [-0.2, -0.15) is 0 Å². The molecule has 252 valence electrons.